The number of aliphatic carboxylic acids is 1. The lowest BCUT2D eigenvalue weighted by molar-refractivity contribution is -0.137. The van der Waals surface area contributed by atoms with Crippen LogP contribution in [0.1, 0.15) is 19.3 Å². The smallest absolute Gasteiger partial charge is 0.303 e. The molecule has 0 unspecified atom stereocenters. The van der Waals surface area contributed by atoms with Gasteiger partial charge in [-0.05, 0) is 31.0 Å². The van der Waals surface area contributed by atoms with Gasteiger partial charge in [0.2, 0.25) is 0 Å². The number of amides is 1. The molecule has 0 aliphatic carbocycles. The van der Waals surface area contributed by atoms with E-state index >= 15 is 0 Å². The third-order valence-corrected chi connectivity index (χ3v) is 3.38. The summed E-state index contributed by atoms with van der Waals surface area (Å²) in [7, 11) is 0. The third-order valence-electron chi connectivity index (χ3n) is 2.89. The van der Waals surface area contributed by atoms with Crippen molar-refractivity contribution >= 4 is 33.5 Å². The normalized spacial score (nSPS) is 13.9. The summed E-state index contributed by atoms with van der Waals surface area (Å²) in [5.41, 5.74) is 0.737. The first kappa shape index (κ1) is 13.9. The van der Waals surface area contributed by atoms with Crippen molar-refractivity contribution in [2.24, 2.45) is 0 Å². The van der Waals surface area contributed by atoms with E-state index in [-0.39, 0.29) is 18.9 Å². The second kappa shape index (κ2) is 6.06. The van der Waals surface area contributed by atoms with Crippen molar-refractivity contribution < 1.29 is 19.4 Å². The highest BCUT2D eigenvalue weighted by Gasteiger charge is 2.25. The number of nitrogens with zero attached hydrogens (tertiary/aromatic N) is 1. The second-order valence-corrected chi connectivity index (χ2v) is 5.21. The largest absolute Gasteiger partial charge is 0.482 e. The number of carboxylic acid groups (broad SMARTS) is 1. The van der Waals surface area contributed by atoms with Crippen LogP contribution in [0.5, 0.6) is 5.75 Å². The number of anilines is 1. The number of hydrogen-bond acceptors (Lipinski definition) is 3. The molecular weight excluding hydrogens is 314 g/mol. The van der Waals surface area contributed by atoms with Crippen LogP contribution in [0.2, 0.25) is 0 Å². The van der Waals surface area contributed by atoms with Gasteiger partial charge in [0.1, 0.15) is 5.75 Å². The van der Waals surface area contributed by atoms with E-state index < -0.39 is 5.97 Å². The maximum Gasteiger partial charge on any atom is 0.303 e. The zero-order chi connectivity index (χ0) is 13.8. The van der Waals surface area contributed by atoms with E-state index in [1.807, 2.05) is 18.2 Å². The van der Waals surface area contributed by atoms with Crippen molar-refractivity contribution in [2.75, 3.05) is 18.1 Å². The van der Waals surface area contributed by atoms with Crippen LogP contribution >= 0.6 is 15.9 Å². The van der Waals surface area contributed by atoms with Crippen LogP contribution in [0, 0.1) is 0 Å². The summed E-state index contributed by atoms with van der Waals surface area (Å²) in [4.78, 5) is 24.0. The monoisotopic (exact) mass is 327 g/mol. The highest BCUT2D eigenvalue weighted by atomic mass is 79.9. The van der Waals surface area contributed by atoms with Crippen molar-refractivity contribution in [3.8, 4) is 5.75 Å². The number of fused-ring (bicyclic) bond motifs is 1. The molecule has 1 aromatic rings. The molecule has 102 valence electrons. The van der Waals surface area contributed by atoms with Crippen molar-refractivity contribution in [1.29, 1.82) is 0 Å². The minimum Gasteiger partial charge on any atom is -0.482 e. The lowest BCUT2D eigenvalue weighted by Crippen LogP contribution is -2.39. The molecule has 6 heteroatoms. The molecule has 1 aromatic carbocycles. The standard InChI is InChI=1S/C13H14BrNO4/c14-9-4-5-11-10(7-9)15(12(16)8-19-11)6-2-1-3-13(17)18/h4-5,7H,1-3,6,8H2,(H,17,18). The lowest BCUT2D eigenvalue weighted by Gasteiger charge is -2.29. The van der Waals surface area contributed by atoms with E-state index in [1.165, 1.54) is 0 Å². The molecule has 0 bridgehead atoms. The molecule has 1 amide bonds. The maximum atomic E-state index is 11.9. The predicted octanol–water partition coefficient (Wildman–Crippen LogP) is 2.43. The molecule has 0 radical (unpaired) electrons. The lowest BCUT2D eigenvalue weighted by atomic mass is 10.2. The molecule has 1 heterocycles. The van der Waals surface area contributed by atoms with Crippen LogP contribution in [-0.2, 0) is 9.59 Å². The van der Waals surface area contributed by atoms with Crippen LogP contribution in [0.3, 0.4) is 0 Å². The summed E-state index contributed by atoms with van der Waals surface area (Å²) in [6.07, 6.45) is 1.34. The van der Waals surface area contributed by atoms with Crippen LogP contribution in [0.25, 0.3) is 0 Å². The molecule has 5 nitrogen and oxygen atoms in total. The summed E-state index contributed by atoms with van der Waals surface area (Å²) >= 11 is 3.37. The molecule has 0 saturated carbocycles. The molecule has 19 heavy (non-hydrogen) atoms. The first-order valence-electron chi connectivity index (χ1n) is 6.02. The SMILES string of the molecule is O=C(O)CCCCN1C(=O)COc2ccc(Br)cc21. The molecule has 2 rings (SSSR count). The number of carbonyl (C=O) groups excluding carboxylic acids is 1. The highest BCUT2D eigenvalue weighted by Crippen LogP contribution is 2.34. The Morgan fingerprint density at radius 3 is 2.95 bits per heavy atom. The van der Waals surface area contributed by atoms with Gasteiger partial charge in [-0.2, -0.15) is 0 Å². The van der Waals surface area contributed by atoms with Crippen LogP contribution in [0.15, 0.2) is 22.7 Å². The summed E-state index contributed by atoms with van der Waals surface area (Å²) in [5.74, 6) is -0.224. The minimum atomic E-state index is -0.809. The highest BCUT2D eigenvalue weighted by molar-refractivity contribution is 9.10. The maximum absolute atomic E-state index is 11.9. The van der Waals surface area contributed by atoms with Gasteiger partial charge in [0.15, 0.2) is 6.61 Å². The molecule has 1 N–H and O–H groups in total. The van der Waals surface area contributed by atoms with Gasteiger partial charge in [-0.3, -0.25) is 9.59 Å². The number of halogens is 1. The molecule has 0 spiro atoms. The molecule has 0 atom stereocenters. The summed E-state index contributed by atoms with van der Waals surface area (Å²) < 4.78 is 6.23. The number of unbranched alkanes of at least 4 members (excludes halogenated alkanes) is 1. The summed E-state index contributed by atoms with van der Waals surface area (Å²) in [6, 6.07) is 5.51. The Hall–Kier alpha value is -1.56. The average molecular weight is 328 g/mol. The molecule has 0 saturated heterocycles. The second-order valence-electron chi connectivity index (χ2n) is 4.30. The topological polar surface area (TPSA) is 66.8 Å². The van der Waals surface area contributed by atoms with Crippen molar-refractivity contribution in [3.05, 3.63) is 22.7 Å². The van der Waals surface area contributed by atoms with E-state index in [0.29, 0.717) is 25.1 Å². The Morgan fingerprint density at radius 2 is 2.21 bits per heavy atom. The van der Waals surface area contributed by atoms with Gasteiger partial charge < -0.3 is 14.7 Å². The van der Waals surface area contributed by atoms with Gasteiger partial charge >= 0.3 is 5.97 Å². The molecule has 0 fully saturated rings. The first-order chi connectivity index (χ1) is 9.08. The van der Waals surface area contributed by atoms with Crippen molar-refractivity contribution in [3.63, 3.8) is 0 Å². The number of hydrogen-bond donors (Lipinski definition) is 1. The van der Waals surface area contributed by atoms with Gasteiger partial charge in [0.05, 0.1) is 5.69 Å². The van der Waals surface area contributed by atoms with E-state index in [9.17, 15) is 9.59 Å². The van der Waals surface area contributed by atoms with Gasteiger partial charge in [-0.25, -0.2) is 0 Å². The average Bonchev–Trinajstić information content (AvgIpc) is 2.36. The Bertz CT molecular complexity index is 503. The summed E-state index contributed by atoms with van der Waals surface area (Å²) in [5, 5.41) is 8.59. The van der Waals surface area contributed by atoms with E-state index in [4.69, 9.17) is 9.84 Å². The van der Waals surface area contributed by atoms with Gasteiger partial charge in [-0.1, -0.05) is 15.9 Å². The molecule has 1 aliphatic heterocycles. The van der Waals surface area contributed by atoms with E-state index in [0.717, 1.165) is 10.2 Å². The number of benzene rings is 1. The predicted molar refractivity (Wildman–Crippen MR) is 73.5 cm³/mol. The fourth-order valence-electron chi connectivity index (χ4n) is 1.97. The van der Waals surface area contributed by atoms with Gasteiger partial charge in [-0.15, -0.1) is 0 Å². The first-order valence-corrected chi connectivity index (χ1v) is 6.82. The quantitative estimate of drug-likeness (QED) is 0.843. The molecule has 1 aliphatic rings. The number of carbonyl (C=O) groups is 2. The van der Waals surface area contributed by atoms with E-state index in [2.05, 4.69) is 15.9 Å². The minimum absolute atomic E-state index is 0.0353. The van der Waals surface area contributed by atoms with Crippen LogP contribution in [-0.4, -0.2) is 30.1 Å². The molecule has 0 aromatic heterocycles. The van der Waals surface area contributed by atoms with Crippen molar-refractivity contribution in [2.45, 2.75) is 19.3 Å². The molecular formula is C13H14BrNO4. The zero-order valence-electron chi connectivity index (χ0n) is 10.3. The van der Waals surface area contributed by atoms with Gasteiger partial charge in [0, 0.05) is 17.4 Å². The Morgan fingerprint density at radius 1 is 1.42 bits per heavy atom. The number of rotatable bonds is 5. The fourth-order valence-corrected chi connectivity index (χ4v) is 2.32. The van der Waals surface area contributed by atoms with Crippen LogP contribution < -0.4 is 9.64 Å². The summed E-state index contributed by atoms with van der Waals surface area (Å²) in [6.45, 7) is 0.548. The fraction of sp³-hybridized carbons (Fsp3) is 0.385. The van der Waals surface area contributed by atoms with E-state index in [1.54, 1.807) is 4.90 Å². The number of ether oxygens (including phenoxy) is 1. The van der Waals surface area contributed by atoms with Crippen molar-refractivity contribution in [1.82, 2.24) is 0 Å². The third kappa shape index (κ3) is 3.47. The van der Waals surface area contributed by atoms with Gasteiger partial charge in [0.25, 0.3) is 5.91 Å². The Labute approximate surface area is 119 Å². The zero-order valence-corrected chi connectivity index (χ0v) is 11.9. The Kier molecular flexibility index (Phi) is 4.42. The number of carboxylic acids is 1. The Balaban J connectivity index is 2.05. The van der Waals surface area contributed by atoms with Crippen LogP contribution in [0.4, 0.5) is 5.69 Å².